The molecule has 0 bridgehead atoms. The van der Waals surface area contributed by atoms with Gasteiger partial charge in [0.2, 0.25) is 15.9 Å². The molecule has 1 aliphatic rings. The molecule has 7 rings (SSSR count). The first-order valence-corrected chi connectivity index (χ1v) is 16.7. The van der Waals surface area contributed by atoms with Gasteiger partial charge < -0.3 is 9.45 Å². The van der Waals surface area contributed by atoms with E-state index in [9.17, 15) is 17.8 Å². The molecule has 0 atom stereocenters. The van der Waals surface area contributed by atoms with Crippen LogP contribution in [0.25, 0.3) is 37.5 Å². The Bertz CT molecular complexity index is 2290. The molecule has 0 fully saturated rings. The van der Waals surface area contributed by atoms with E-state index < -0.39 is 10.4 Å². The van der Waals surface area contributed by atoms with Crippen LogP contribution >= 0.6 is 34.4 Å². The van der Waals surface area contributed by atoms with Gasteiger partial charge in [-0.15, -0.1) is 0 Å². The summed E-state index contributed by atoms with van der Waals surface area (Å²) in [5.41, 5.74) is 4.12. The SMILES string of the molecule is CN1C(=c2sc3nc(-c4ccccc4)cc(=Cc4sc5ccccc5[n+]4C)n3c2=O)Sc2ccccc21.COS(=O)(=O)[O-]. The summed E-state index contributed by atoms with van der Waals surface area (Å²) < 4.78 is 36.9. The van der Waals surface area contributed by atoms with Gasteiger partial charge in [0.1, 0.15) is 21.3 Å². The lowest BCUT2D eigenvalue weighted by atomic mass is 10.1. The number of nitrogens with zero attached hydrogens (tertiary/aromatic N) is 4. The molecule has 0 spiro atoms. The maximum absolute atomic E-state index is 14.0. The highest BCUT2D eigenvalue weighted by atomic mass is 32.3. The van der Waals surface area contributed by atoms with Crippen LogP contribution in [0.3, 0.4) is 0 Å². The van der Waals surface area contributed by atoms with Crippen molar-refractivity contribution in [1.29, 1.82) is 0 Å². The van der Waals surface area contributed by atoms with Gasteiger partial charge in [-0.2, -0.15) is 4.57 Å². The monoisotopic (exact) mass is 648 g/mol. The summed E-state index contributed by atoms with van der Waals surface area (Å²) in [5, 5.41) is 2.84. The summed E-state index contributed by atoms with van der Waals surface area (Å²) >= 11 is 4.81. The number of para-hydroxylation sites is 2. The number of anilines is 1. The first-order chi connectivity index (χ1) is 20.6. The number of thioether (sulfide) groups is 1. The predicted molar refractivity (Wildman–Crippen MR) is 171 cm³/mol. The lowest BCUT2D eigenvalue weighted by Gasteiger charge is -2.11. The van der Waals surface area contributed by atoms with Crippen LogP contribution in [0.5, 0.6) is 0 Å². The average Bonchev–Trinajstić information content (AvgIpc) is 3.64. The van der Waals surface area contributed by atoms with E-state index in [4.69, 9.17) is 4.98 Å². The van der Waals surface area contributed by atoms with E-state index in [1.54, 1.807) is 27.5 Å². The van der Waals surface area contributed by atoms with Gasteiger partial charge in [-0.1, -0.05) is 89.0 Å². The maximum Gasteiger partial charge on any atom is 0.277 e. The minimum absolute atomic E-state index is 0.0377. The smallest absolute Gasteiger partial charge is 0.277 e. The van der Waals surface area contributed by atoms with Crippen molar-refractivity contribution < 1.29 is 21.7 Å². The molecule has 0 radical (unpaired) electrons. The summed E-state index contributed by atoms with van der Waals surface area (Å²) in [6.45, 7) is 0. The molecule has 0 aliphatic carbocycles. The number of rotatable bonds is 3. The van der Waals surface area contributed by atoms with Crippen molar-refractivity contribution in [1.82, 2.24) is 9.38 Å². The Morgan fingerprint density at radius 2 is 1.65 bits per heavy atom. The first kappa shape index (κ1) is 29.2. The lowest BCUT2D eigenvalue weighted by molar-refractivity contribution is -0.642. The average molecular weight is 649 g/mol. The summed E-state index contributed by atoms with van der Waals surface area (Å²) in [6.07, 6.45) is 2.11. The molecule has 3 aromatic heterocycles. The number of hydrogen-bond donors (Lipinski definition) is 0. The lowest BCUT2D eigenvalue weighted by Crippen LogP contribution is -2.35. The van der Waals surface area contributed by atoms with E-state index in [0.29, 0.717) is 9.49 Å². The molecule has 43 heavy (non-hydrogen) atoms. The molecule has 4 heterocycles. The fourth-order valence-corrected chi connectivity index (χ4v) is 8.12. The Morgan fingerprint density at radius 3 is 2.35 bits per heavy atom. The van der Waals surface area contributed by atoms with Crippen molar-refractivity contribution in [2.24, 2.45) is 7.05 Å². The molecule has 0 amide bonds. The summed E-state index contributed by atoms with van der Waals surface area (Å²) in [5.74, 6) is 0. The van der Waals surface area contributed by atoms with Crippen molar-refractivity contribution in [3.63, 3.8) is 0 Å². The molecule has 6 aromatic rings. The van der Waals surface area contributed by atoms with Crippen molar-refractivity contribution in [2.45, 2.75) is 4.90 Å². The summed E-state index contributed by atoms with van der Waals surface area (Å²) in [6, 6.07) is 28.8. The molecular formula is C30H24N4O5S4. The second kappa shape index (κ2) is 11.7. The zero-order valence-corrected chi connectivity index (χ0v) is 26.4. The van der Waals surface area contributed by atoms with Crippen LogP contribution in [-0.4, -0.2) is 36.5 Å². The number of hydrogen-bond acceptors (Lipinski definition) is 10. The summed E-state index contributed by atoms with van der Waals surface area (Å²) in [4.78, 5) is 22.9. The third-order valence-electron chi connectivity index (χ3n) is 6.79. The highest BCUT2D eigenvalue weighted by molar-refractivity contribution is 8.08. The molecule has 9 nitrogen and oxygen atoms in total. The fraction of sp³-hybridized carbons (Fsp3) is 0.100. The molecule has 0 unspecified atom stereocenters. The molecule has 3 aromatic carbocycles. The minimum Gasteiger partial charge on any atom is -0.726 e. The fourth-order valence-electron chi connectivity index (χ4n) is 4.68. The van der Waals surface area contributed by atoms with Crippen LogP contribution < -0.4 is 24.9 Å². The topological polar surface area (TPSA) is 108 Å². The molecule has 13 heteroatoms. The van der Waals surface area contributed by atoms with Gasteiger partial charge in [-0.3, -0.25) is 13.4 Å². The van der Waals surface area contributed by atoms with Crippen molar-refractivity contribution in [3.05, 3.63) is 110 Å². The Kier molecular flexibility index (Phi) is 7.94. The quantitative estimate of drug-likeness (QED) is 0.163. The van der Waals surface area contributed by atoms with E-state index >= 15 is 0 Å². The molecule has 218 valence electrons. The molecule has 0 saturated heterocycles. The molecular weight excluding hydrogens is 625 g/mol. The third-order valence-corrected chi connectivity index (χ3v) is 10.8. The van der Waals surface area contributed by atoms with Crippen molar-refractivity contribution >= 4 is 76.8 Å². The highest BCUT2D eigenvalue weighted by Crippen LogP contribution is 2.45. The van der Waals surface area contributed by atoms with Crippen LogP contribution in [0.15, 0.2) is 94.6 Å². The van der Waals surface area contributed by atoms with Crippen molar-refractivity contribution in [2.75, 3.05) is 19.1 Å². The number of aryl methyl sites for hydroxylation is 1. The van der Waals surface area contributed by atoms with E-state index in [-0.39, 0.29) is 5.56 Å². The third kappa shape index (κ3) is 5.75. The normalized spacial score (nSPS) is 14.7. The maximum atomic E-state index is 14.0. The van der Waals surface area contributed by atoms with Crippen molar-refractivity contribution in [3.8, 4) is 11.3 Å². The van der Waals surface area contributed by atoms with Gasteiger partial charge in [-0.25, -0.2) is 13.4 Å². The van der Waals surface area contributed by atoms with Gasteiger partial charge >= 0.3 is 0 Å². The van der Waals surface area contributed by atoms with E-state index in [2.05, 4.69) is 75.3 Å². The number of thiazole rings is 2. The van der Waals surface area contributed by atoms with Gasteiger partial charge in [0.25, 0.3) is 10.6 Å². The van der Waals surface area contributed by atoms with E-state index in [1.807, 2.05) is 43.4 Å². The van der Waals surface area contributed by atoms with Crippen LogP contribution in [-0.2, 0) is 21.6 Å². The Morgan fingerprint density at radius 1 is 0.977 bits per heavy atom. The first-order valence-electron chi connectivity index (χ1n) is 12.9. The number of aromatic nitrogens is 3. The van der Waals surface area contributed by atoms with Gasteiger partial charge in [0.15, 0.2) is 4.96 Å². The molecule has 0 saturated carbocycles. The Balaban J connectivity index is 0.000000501. The second-order valence-electron chi connectivity index (χ2n) is 9.41. The zero-order valence-electron chi connectivity index (χ0n) is 23.1. The Labute approximate surface area is 259 Å². The predicted octanol–water partition coefficient (Wildman–Crippen LogP) is 3.69. The number of benzene rings is 3. The van der Waals surface area contributed by atoms with Crippen LogP contribution in [0.1, 0.15) is 5.01 Å². The Hall–Kier alpha value is -3.85. The van der Waals surface area contributed by atoms with E-state index in [1.165, 1.54) is 21.6 Å². The largest absolute Gasteiger partial charge is 0.726 e. The number of fused-ring (bicyclic) bond motifs is 3. The summed E-state index contributed by atoms with van der Waals surface area (Å²) in [7, 11) is 0.489. The highest BCUT2D eigenvalue weighted by Gasteiger charge is 2.25. The van der Waals surface area contributed by atoms with E-state index in [0.717, 1.165) is 44.3 Å². The van der Waals surface area contributed by atoms with Crippen LogP contribution in [0.2, 0.25) is 0 Å². The molecule has 0 N–H and O–H groups in total. The van der Waals surface area contributed by atoms with Gasteiger partial charge in [0.05, 0.1) is 23.8 Å². The zero-order chi connectivity index (χ0) is 30.3. The van der Waals surface area contributed by atoms with Gasteiger partial charge in [-0.05, 0) is 24.3 Å². The minimum atomic E-state index is -4.41. The standard InChI is InChI=1S/C29H21N4OS3.CH4O4S/c1-31-21-12-6-8-14-23(21)35-25(31)17-19-16-20(18-10-4-3-5-11-18)30-29-33(19)27(34)26(37-29)28-32(2)22-13-7-9-15-24(22)36-28;1-5-6(2,3)4/h3-17H,1-2H3;1H3,(H,2,3,4)/q+1;/p-1. The van der Waals surface area contributed by atoms with Crippen LogP contribution in [0, 0.1) is 0 Å². The van der Waals surface area contributed by atoms with Crippen LogP contribution in [0.4, 0.5) is 5.69 Å². The van der Waals surface area contributed by atoms with Gasteiger partial charge in [0, 0.05) is 29.6 Å². The molecule has 1 aliphatic heterocycles. The second-order valence-corrected chi connectivity index (χ2v) is 13.6.